The second-order valence-electron chi connectivity index (χ2n) is 9.46. The molecule has 27 heavy (non-hydrogen) atoms. The molecule has 0 radical (unpaired) electrons. The number of nitriles is 1. The molecule has 4 heteroatoms. The molecular formula is C23H31N3O. The van der Waals surface area contributed by atoms with Gasteiger partial charge in [-0.05, 0) is 63.6 Å². The van der Waals surface area contributed by atoms with Crippen LogP contribution in [-0.4, -0.2) is 42.9 Å². The first kappa shape index (κ1) is 18.5. The molecule has 1 heterocycles. The van der Waals surface area contributed by atoms with Crippen LogP contribution >= 0.6 is 0 Å². The molecule has 3 fully saturated rings. The molecule has 0 bridgehead atoms. The summed E-state index contributed by atoms with van der Waals surface area (Å²) in [5.41, 5.74) is 1.33. The lowest BCUT2D eigenvalue weighted by atomic mass is 9.64. The molecule has 1 saturated heterocycles. The van der Waals surface area contributed by atoms with Crippen molar-refractivity contribution in [3.05, 3.63) is 35.9 Å². The van der Waals surface area contributed by atoms with E-state index in [1.165, 1.54) is 5.56 Å². The van der Waals surface area contributed by atoms with Crippen molar-refractivity contribution in [2.45, 2.75) is 56.9 Å². The second-order valence-corrected chi connectivity index (χ2v) is 9.46. The van der Waals surface area contributed by atoms with Crippen LogP contribution in [0.3, 0.4) is 0 Å². The molecule has 1 aromatic rings. The van der Waals surface area contributed by atoms with Crippen molar-refractivity contribution in [3.8, 4) is 6.07 Å². The maximum atomic E-state index is 12.8. The molecule has 3 aliphatic rings. The highest BCUT2D eigenvalue weighted by Crippen LogP contribution is 2.53. The van der Waals surface area contributed by atoms with E-state index in [1.807, 2.05) is 4.90 Å². The monoisotopic (exact) mass is 365 g/mol. The van der Waals surface area contributed by atoms with Crippen LogP contribution < -0.4 is 0 Å². The number of carbonyl (C=O) groups is 1. The fraction of sp³-hybridized carbons (Fsp3) is 0.652. The molecule has 1 aliphatic heterocycles. The lowest BCUT2D eigenvalue weighted by molar-refractivity contribution is -0.129. The van der Waals surface area contributed by atoms with E-state index in [0.717, 1.165) is 51.5 Å². The van der Waals surface area contributed by atoms with Crippen LogP contribution in [0.1, 0.15) is 56.9 Å². The number of hydrogen-bond donors (Lipinski definition) is 0. The SMILES string of the molecule is CN(C)C1(c2ccccc2)CCC2(CC1)CC(=O)N(CC1(C#N)CCC1)C2. The zero-order valence-corrected chi connectivity index (χ0v) is 16.7. The van der Waals surface area contributed by atoms with Crippen LogP contribution in [0.15, 0.2) is 30.3 Å². The van der Waals surface area contributed by atoms with E-state index >= 15 is 0 Å². The molecule has 0 aromatic heterocycles. The van der Waals surface area contributed by atoms with Gasteiger partial charge in [-0.25, -0.2) is 0 Å². The van der Waals surface area contributed by atoms with Crippen LogP contribution in [-0.2, 0) is 10.3 Å². The largest absolute Gasteiger partial charge is 0.341 e. The number of carbonyl (C=O) groups excluding carboxylic acids is 1. The molecule has 2 saturated carbocycles. The van der Waals surface area contributed by atoms with Gasteiger partial charge < -0.3 is 4.90 Å². The lowest BCUT2D eigenvalue weighted by Crippen LogP contribution is -2.48. The Labute approximate surface area is 163 Å². The van der Waals surface area contributed by atoms with Crippen LogP contribution in [0.5, 0.6) is 0 Å². The van der Waals surface area contributed by atoms with Crippen molar-refractivity contribution in [3.63, 3.8) is 0 Å². The van der Waals surface area contributed by atoms with E-state index in [1.54, 1.807) is 0 Å². The van der Waals surface area contributed by atoms with E-state index in [-0.39, 0.29) is 22.3 Å². The minimum Gasteiger partial charge on any atom is -0.341 e. The summed E-state index contributed by atoms with van der Waals surface area (Å²) in [5, 5.41) is 9.55. The molecule has 1 amide bonds. The van der Waals surface area contributed by atoms with Crippen LogP contribution in [0, 0.1) is 22.2 Å². The summed E-state index contributed by atoms with van der Waals surface area (Å²) in [6.45, 7) is 1.51. The number of amides is 1. The van der Waals surface area contributed by atoms with E-state index < -0.39 is 0 Å². The fourth-order valence-corrected chi connectivity index (χ4v) is 5.67. The number of nitrogens with zero attached hydrogens (tertiary/aromatic N) is 3. The molecule has 1 aromatic carbocycles. The Balaban J connectivity index is 1.48. The van der Waals surface area contributed by atoms with Crippen LogP contribution in [0.25, 0.3) is 0 Å². The Morgan fingerprint density at radius 3 is 2.26 bits per heavy atom. The average molecular weight is 366 g/mol. The Morgan fingerprint density at radius 2 is 1.74 bits per heavy atom. The standard InChI is InChI=1S/C23H31N3O/c1-25(2)23(19-7-4-3-5-8-19)13-11-21(12-14-23)15-20(27)26(17-21)18-22(16-24)9-6-10-22/h3-5,7-8H,6,9-15,17-18H2,1-2H3. The van der Waals surface area contributed by atoms with Gasteiger partial charge in [-0.1, -0.05) is 36.8 Å². The van der Waals surface area contributed by atoms with Gasteiger partial charge in [0.1, 0.15) is 0 Å². The van der Waals surface area contributed by atoms with Gasteiger partial charge in [0.05, 0.1) is 11.5 Å². The molecular weight excluding hydrogens is 334 g/mol. The van der Waals surface area contributed by atoms with Gasteiger partial charge in [0, 0.05) is 25.0 Å². The Kier molecular flexibility index (Phi) is 4.55. The van der Waals surface area contributed by atoms with Gasteiger partial charge in [0.25, 0.3) is 0 Å². The van der Waals surface area contributed by atoms with E-state index in [0.29, 0.717) is 13.0 Å². The summed E-state index contributed by atoms with van der Waals surface area (Å²) in [7, 11) is 4.37. The minimum absolute atomic E-state index is 0.0742. The summed E-state index contributed by atoms with van der Waals surface area (Å²) in [5.74, 6) is 0.272. The van der Waals surface area contributed by atoms with Crippen molar-refractivity contribution in [1.29, 1.82) is 5.26 Å². The second kappa shape index (κ2) is 6.63. The predicted octanol–water partition coefficient (Wildman–Crippen LogP) is 3.93. The molecule has 144 valence electrons. The van der Waals surface area contributed by atoms with Crippen molar-refractivity contribution in [2.75, 3.05) is 27.2 Å². The van der Waals surface area contributed by atoms with Crippen LogP contribution in [0.4, 0.5) is 0 Å². The summed E-state index contributed by atoms with van der Waals surface area (Å²) in [6, 6.07) is 13.3. The summed E-state index contributed by atoms with van der Waals surface area (Å²) < 4.78 is 0. The number of rotatable bonds is 4. The van der Waals surface area contributed by atoms with Crippen molar-refractivity contribution >= 4 is 5.91 Å². The molecule has 0 atom stereocenters. The zero-order chi connectivity index (χ0) is 19.1. The molecule has 0 N–H and O–H groups in total. The Bertz CT molecular complexity index is 737. The molecule has 4 rings (SSSR count). The van der Waals surface area contributed by atoms with E-state index in [4.69, 9.17) is 0 Å². The number of hydrogen-bond acceptors (Lipinski definition) is 3. The molecule has 4 nitrogen and oxygen atoms in total. The first-order valence-electron chi connectivity index (χ1n) is 10.3. The average Bonchev–Trinajstić information content (AvgIpc) is 2.94. The lowest BCUT2D eigenvalue weighted by Gasteiger charge is -2.49. The predicted molar refractivity (Wildman–Crippen MR) is 106 cm³/mol. The van der Waals surface area contributed by atoms with Gasteiger partial charge in [0.2, 0.25) is 5.91 Å². The fourth-order valence-electron chi connectivity index (χ4n) is 5.67. The molecule has 0 unspecified atom stereocenters. The highest BCUT2D eigenvalue weighted by molar-refractivity contribution is 5.79. The van der Waals surface area contributed by atoms with Crippen molar-refractivity contribution in [2.24, 2.45) is 10.8 Å². The summed E-state index contributed by atoms with van der Waals surface area (Å²) >= 11 is 0. The van der Waals surface area contributed by atoms with Crippen molar-refractivity contribution < 1.29 is 4.79 Å². The van der Waals surface area contributed by atoms with Gasteiger partial charge in [-0.3, -0.25) is 9.69 Å². The van der Waals surface area contributed by atoms with E-state index in [9.17, 15) is 10.1 Å². The molecule has 1 spiro atoms. The van der Waals surface area contributed by atoms with Gasteiger partial charge in [-0.15, -0.1) is 0 Å². The zero-order valence-electron chi connectivity index (χ0n) is 16.7. The van der Waals surface area contributed by atoms with Gasteiger partial charge >= 0.3 is 0 Å². The normalized spacial score (nSPS) is 32.5. The first-order chi connectivity index (χ1) is 12.9. The Hall–Kier alpha value is -1.86. The van der Waals surface area contributed by atoms with Crippen LogP contribution in [0.2, 0.25) is 0 Å². The number of benzene rings is 1. The van der Waals surface area contributed by atoms with E-state index in [2.05, 4.69) is 55.4 Å². The summed E-state index contributed by atoms with van der Waals surface area (Å²) in [4.78, 5) is 17.2. The topological polar surface area (TPSA) is 47.3 Å². The molecule has 2 aliphatic carbocycles. The Morgan fingerprint density at radius 1 is 1.07 bits per heavy atom. The maximum Gasteiger partial charge on any atom is 0.223 e. The third kappa shape index (κ3) is 3.06. The third-order valence-electron chi connectivity index (χ3n) is 7.75. The quantitative estimate of drug-likeness (QED) is 0.812. The van der Waals surface area contributed by atoms with Gasteiger partial charge in [0.15, 0.2) is 0 Å². The maximum absolute atomic E-state index is 12.8. The number of likely N-dealkylation sites (tertiary alicyclic amines) is 1. The highest BCUT2D eigenvalue weighted by atomic mass is 16.2. The highest BCUT2D eigenvalue weighted by Gasteiger charge is 2.51. The summed E-state index contributed by atoms with van der Waals surface area (Å²) in [6.07, 6.45) is 8.07. The van der Waals surface area contributed by atoms with Crippen molar-refractivity contribution in [1.82, 2.24) is 9.80 Å². The van der Waals surface area contributed by atoms with Gasteiger partial charge in [-0.2, -0.15) is 5.26 Å². The minimum atomic E-state index is -0.257. The first-order valence-corrected chi connectivity index (χ1v) is 10.3. The third-order valence-corrected chi connectivity index (χ3v) is 7.75. The smallest absolute Gasteiger partial charge is 0.223 e.